The third-order valence-corrected chi connectivity index (χ3v) is 2.65. The summed E-state index contributed by atoms with van der Waals surface area (Å²) in [6, 6.07) is 5.13. The predicted molar refractivity (Wildman–Crippen MR) is 53.8 cm³/mol. The zero-order valence-electron chi connectivity index (χ0n) is 6.59. The van der Waals surface area contributed by atoms with Crippen LogP contribution in [0.1, 0.15) is 0 Å². The van der Waals surface area contributed by atoms with Crippen molar-refractivity contribution in [3.05, 3.63) is 27.7 Å². The first-order chi connectivity index (χ1) is 6.11. The molecule has 0 spiro atoms. The lowest BCUT2D eigenvalue weighted by Crippen LogP contribution is -2.20. The normalized spacial score (nSPS) is 9.69. The van der Waals surface area contributed by atoms with Crippen LogP contribution in [-0.4, -0.2) is 12.5 Å². The van der Waals surface area contributed by atoms with E-state index in [9.17, 15) is 4.79 Å². The van der Waals surface area contributed by atoms with Gasteiger partial charge in [-0.3, -0.25) is 4.79 Å². The van der Waals surface area contributed by atoms with Crippen molar-refractivity contribution in [3.63, 3.8) is 0 Å². The van der Waals surface area contributed by atoms with Crippen LogP contribution in [0, 0.1) is 0 Å². The van der Waals surface area contributed by atoms with Crippen molar-refractivity contribution in [2.75, 3.05) is 6.61 Å². The molecule has 1 aromatic rings. The minimum atomic E-state index is -0.521. The van der Waals surface area contributed by atoms with Crippen LogP contribution in [0.25, 0.3) is 0 Å². The molecule has 0 atom stereocenters. The fourth-order valence-electron chi connectivity index (χ4n) is 0.744. The molecule has 1 rings (SSSR count). The first-order valence-corrected chi connectivity index (χ1v) is 4.63. The number of ether oxygens (including phenoxy) is 1. The Morgan fingerprint density at radius 1 is 1.62 bits per heavy atom. The van der Waals surface area contributed by atoms with Crippen molar-refractivity contribution < 1.29 is 9.53 Å². The molecule has 5 heteroatoms. The zero-order chi connectivity index (χ0) is 9.84. The fraction of sp³-hybridized carbons (Fsp3) is 0.125. The van der Waals surface area contributed by atoms with E-state index in [0.29, 0.717) is 15.2 Å². The minimum absolute atomic E-state index is 0.154. The number of carbonyl (C=O) groups is 1. The van der Waals surface area contributed by atoms with E-state index in [1.54, 1.807) is 18.2 Å². The molecule has 0 aliphatic rings. The molecule has 1 amide bonds. The molecular weight excluding hydrogens is 257 g/mol. The van der Waals surface area contributed by atoms with Crippen LogP contribution in [-0.2, 0) is 4.79 Å². The van der Waals surface area contributed by atoms with Gasteiger partial charge < -0.3 is 10.5 Å². The van der Waals surface area contributed by atoms with E-state index < -0.39 is 5.91 Å². The van der Waals surface area contributed by atoms with Crippen molar-refractivity contribution in [1.82, 2.24) is 0 Å². The molecule has 13 heavy (non-hydrogen) atoms. The maximum Gasteiger partial charge on any atom is 0.255 e. The lowest BCUT2D eigenvalue weighted by Gasteiger charge is -2.06. The van der Waals surface area contributed by atoms with Gasteiger partial charge in [-0.25, -0.2) is 0 Å². The Morgan fingerprint density at radius 2 is 2.31 bits per heavy atom. The summed E-state index contributed by atoms with van der Waals surface area (Å²) in [5, 5.41) is 0.530. The molecule has 70 valence electrons. The number of halogens is 2. The summed E-state index contributed by atoms with van der Waals surface area (Å²) < 4.78 is 5.70. The average Bonchev–Trinajstić information content (AvgIpc) is 2.07. The second-order valence-corrected chi connectivity index (χ2v) is 3.51. The third kappa shape index (κ3) is 2.90. The number of hydrogen-bond acceptors (Lipinski definition) is 2. The summed E-state index contributed by atoms with van der Waals surface area (Å²) in [6.07, 6.45) is 0. The number of benzene rings is 1. The van der Waals surface area contributed by atoms with E-state index in [0.717, 1.165) is 0 Å². The maximum absolute atomic E-state index is 10.4. The average molecular weight is 265 g/mol. The second kappa shape index (κ2) is 4.48. The lowest BCUT2D eigenvalue weighted by molar-refractivity contribution is -0.119. The summed E-state index contributed by atoms with van der Waals surface area (Å²) in [6.45, 7) is -0.154. The van der Waals surface area contributed by atoms with Crippen molar-refractivity contribution in [3.8, 4) is 5.75 Å². The second-order valence-electron chi connectivity index (χ2n) is 2.31. The molecule has 0 aromatic heterocycles. The lowest BCUT2D eigenvalue weighted by atomic mass is 10.3. The highest BCUT2D eigenvalue weighted by Crippen LogP contribution is 2.31. The molecule has 0 unspecified atom stereocenters. The molecule has 0 fully saturated rings. The molecule has 1 aromatic carbocycles. The van der Waals surface area contributed by atoms with Gasteiger partial charge in [0.1, 0.15) is 5.75 Å². The van der Waals surface area contributed by atoms with E-state index in [1.165, 1.54) is 0 Å². The number of rotatable bonds is 3. The van der Waals surface area contributed by atoms with Gasteiger partial charge in [-0.05, 0) is 28.1 Å². The summed E-state index contributed by atoms with van der Waals surface area (Å²) in [7, 11) is 0. The fourth-order valence-corrected chi connectivity index (χ4v) is 1.29. The molecule has 0 heterocycles. The van der Waals surface area contributed by atoms with Gasteiger partial charge in [0, 0.05) is 0 Å². The Bertz CT molecular complexity index is 330. The molecule has 3 nitrogen and oxygen atoms in total. The van der Waals surface area contributed by atoms with Gasteiger partial charge >= 0.3 is 0 Å². The van der Waals surface area contributed by atoms with Crippen molar-refractivity contribution >= 4 is 33.4 Å². The largest absolute Gasteiger partial charge is 0.483 e. The molecule has 0 radical (unpaired) electrons. The summed E-state index contributed by atoms with van der Waals surface area (Å²) >= 11 is 9.01. The Balaban J connectivity index is 2.77. The molecular formula is C8H7BrClNO2. The number of primary amides is 1. The van der Waals surface area contributed by atoms with Gasteiger partial charge in [0.25, 0.3) is 5.91 Å². The van der Waals surface area contributed by atoms with Crippen LogP contribution in [0.4, 0.5) is 0 Å². The predicted octanol–water partition coefficient (Wildman–Crippen LogP) is 1.97. The number of nitrogens with two attached hydrogens (primary N) is 1. The van der Waals surface area contributed by atoms with E-state index in [2.05, 4.69) is 15.9 Å². The van der Waals surface area contributed by atoms with Gasteiger partial charge in [-0.15, -0.1) is 0 Å². The number of amides is 1. The highest BCUT2D eigenvalue weighted by atomic mass is 79.9. The van der Waals surface area contributed by atoms with E-state index in [4.69, 9.17) is 22.1 Å². The van der Waals surface area contributed by atoms with Crippen molar-refractivity contribution in [1.29, 1.82) is 0 Å². The molecule has 0 saturated heterocycles. The smallest absolute Gasteiger partial charge is 0.255 e. The Labute approximate surface area is 88.9 Å². The van der Waals surface area contributed by atoms with E-state index in [1.807, 2.05) is 0 Å². The molecule has 0 bridgehead atoms. The van der Waals surface area contributed by atoms with Crippen LogP contribution in [0.3, 0.4) is 0 Å². The van der Waals surface area contributed by atoms with Crippen molar-refractivity contribution in [2.45, 2.75) is 0 Å². The van der Waals surface area contributed by atoms with Gasteiger partial charge in [0.05, 0.1) is 9.50 Å². The van der Waals surface area contributed by atoms with Gasteiger partial charge in [-0.2, -0.15) is 0 Å². The summed E-state index contributed by atoms with van der Waals surface area (Å²) in [4.78, 5) is 10.4. The highest BCUT2D eigenvalue weighted by Gasteiger charge is 2.05. The van der Waals surface area contributed by atoms with Gasteiger partial charge in [0.2, 0.25) is 0 Å². The molecule has 2 N–H and O–H groups in total. The first-order valence-electron chi connectivity index (χ1n) is 3.46. The quantitative estimate of drug-likeness (QED) is 0.907. The van der Waals surface area contributed by atoms with Crippen LogP contribution in [0.5, 0.6) is 5.75 Å². The molecule has 0 saturated carbocycles. The highest BCUT2D eigenvalue weighted by molar-refractivity contribution is 9.10. The zero-order valence-corrected chi connectivity index (χ0v) is 8.93. The maximum atomic E-state index is 10.4. The number of carbonyl (C=O) groups excluding carboxylic acids is 1. The Hall–Kier alpha value is -0.740. The van der Waals surface area contributed by atoms with E-state index >= 15 is 0 Å². The number of hydrogen-bond donors (Lipinski definition) is 1. The van der Waals surface area contributed by atoms with Crippen molar-refractivity contribution in [2.24, 2.45) is 5.73 Å². The summed E-state index contributed by atoms with van der Waals surface area (Å²) in [5.74, 6) is -0.0156. The van der Waals surface area contributed by atoms with Gasteiger partial charge in [0.15, 0.2) is 6.61 Å². The molecule has 0 aliphatic carbocycles. The SMILES string of the molecule is NC(=O)COc1cccc(Cl)c1Br. The van der Waals surface area contributed by atoms with Crippen LogP contribution >= 0.6 is 27.5 Å². The molecule has 0 aliphatic heterocycles. The minimum Gasteiger partial charge on any atom is -0.483 e. The van der Waals surface area contributed by atoms with Crippen LogP contribution in [0.2, 0.25) is 5.02 Å². The third-order valence-electron chi connectivity index (χ3n) is 1.29. The van der Waals surface area contributed by atoms with Gasteiger partial charge in [-0.1, -0.05) is 17.7 Å². The van der Waals surface area contributed by atoms with Crippen LogP contribution < -0.4 is 10.5 Å². The summed E-state index contributed by atoms with van der Waals surface area (Å²) in [5.41, 5.74) is 4.92. The monoisotopic (exact) mass is 263 g/mol. The van der Waals surface area contributed by atoms with Crippen LogP contribution in [0.15, 0.2) is 22.7 Å². The Kier molecular flexibility index (Phi) is 3.57. The standard InChI is InChI=1S/C8H7BrClNO2/c9-8-5(10)2-1-3-6(8)13-4-7(11)12/h1-3H,4H2,(H2,11,12). The Morgan fingerprint density at radius 3 is 2.92 bits per heavy atom. The van der Waals surface area contributed by atoms with E-state index in [-0.39, 0.29) is 6.61 Å². The topological polar surface area (TPSA) is 52.3 Å². The first kappa shape index (κ1) is 10.3.